The highest BCUT2D eigenvalue weighted by Gasteiger charge is 2.33. The van der Waals surface area contributed by atoms with Gasteiger partial charge in [0.25, 0.3) is 0 Å². The van der Waals surface area contributed by atoms with Crippen LogP contribution in [-0.2, 0) is 26.2 Å². The molecule has 2 aromatic carbocycles. The molecule has 0 bridgehead atoms. The van der Waals surface area contributed by atoms with Gasteiger partial charge in [-0.3, -0.25) is 13.9 Å². The van der Waals surface area contributed by atoms with Gasteiger partial charge in [-0.2, -0.15) is 0 Å². The van der Waals surface area contributed by atoms with Crippen molar-refractivity contribution in [3.63, 3.8) is 0 Å². The number of amides is 2. The van der Waals surface area contributed by atoms with Crippen molar-refractivity contribution in [1.82, 2.24) is 10.2 Å². The van der Waals surface area contributed by atoms with Gasteiger partial charge in [0.1, 0.15) is 12.6 Å². The third-order valence-corrected chi connectivity index (χ3v) is 7.13. The molecule has 35 heavy (non-hydrogen) atoms. The highest BCUT2D eigenvalue weighted by atomic mass is 35.5. The lowest BCUT2D eigenvalue weighted by Gasteiger charge is -2.34. The largest absolute Gasteiger partial charge is 0.350 e. The second-order valence-corrected chi connectivity index (χ2v) is 12.2. The van der Waals surface area contributed by atoms with Crippen molar-refractivity contribution < 1.29 is 18.0 Å². The molecule has 0 saturated heterocycles. The zero-order valence-corrected chi connectivity index (χ0v) is 23.3. The molecule has 10 heteroatoms. The average Bonchev–Trinajstić information content (AvgIpc) is 2.72. The molecule has 0 aliphatic heterocycles. The Balaban J connectivity index is 2.51. The number of hydrogen-bond acceptors (Lipinski definition) is 4. The summed E-state index contributed by atoms with van der Waals surface area (Å²) in [4.78, 5) is 28.3. The van der Waals surface area contributed by atoms with Gasteiger partial charge in [0.15, 0.2) is 0 Å². The molecule has 0 aromatic heterocycles. The van der Waals surface area contributed by atoms with Crippen molar-refractivity contribution in [2.24, 2.45) is 0 Å². The lowest BCUT2D eigenvalue weighted by Crippen LogP contribution is -2.55. The molecule has 0 aliphatic carbocycles. The molecule has 2 aromatic rings. The van der Waals surface area contributed by atoms with E-state index < -0.39 is 34.1 Å². The molecular formula is C25H33Cl2N3O4S. The molecule has 1 atom stereocenters. The number of carbonyl (C=O) groups is 2. The Labute approximate surface area is 218 Å². The first-order valence-electron chi connectivity index (χ1n) is 11.2. The monoisotopic (exact) mass is 541 g/mol. The van der Waals surface area contributed by atoms with Crippen LogP contribution in [0.15, 0.2) is 42.5 Å². The van der Waals surface area contributed by atoms with Crippen LogP contribution < -0.4 is 9.62 Å². The Morgan fingerprint density at radius 3 is 2.26 bits per heavy atom. The van der Waals surface area contributed by atoms with E-state index in [0.717, 1.165) is 21.7 Å². The van der Waals surface area contributed by atoms with Crippen molar-refractivity contribution >= 4 is 50.7 Å². The van der Waals surface area contributed by atoms with E-state index in [4.69, 9.17) is 23.2 Å². The van der Waals surface area contributed by atoms with Gasteiger partial charge in [-0.15, -0.1) is 0 Å². The summed E-state index contributed by atoms with van der Waals surface area (Å²) >= 11 is 12.4. The molecular weight excluding hydrogens is 509 g/mol. The van der Waals surface area contributed by atoms with E-state index >= 15 is 0 Å². The number of nitrogens with zero attached hydrogens (tertiary/aromatic N) is 2. The first-order valence-corrected chi connectivity index (χ1v) is 13.8. The summed E-state index contributed by atoms with van der Waals surface area (Å²) in [6.07, 6.45) is 1.34. The summed E-state index contributed by atoms with van der Waals surface area (Å²) < 4.78 is 26.3. The summed E-state index contributed by atoms with van der Waals surface area (Å²) in [6, 6.07) is 11.4. The Kier molecular flexibility index (Phi) is 9.62. The van der Waals surface area contributed by atoms with E-state index in [-0.39, 0.29) is 28.2 Å². The second kappa shape index (κ2) is 11.6. The van der Waals surface area contributed by atoms with E-state index in [0.29, 0.717) is 6.42 Å². The predicted octanol–water partition coefficient (Wildman–Crippen LogP) is 4.79. The molecule has 0 spiro atoms. The van der Waals surface area contributed by atoms with Crippen LogP contribution in [0.2, 0.25) is 10.0 Å². The fourth-order valence-corrected chi connectivity index (χ4v) is 4.96. The Hall–Kier alpha value is -2.29. The molecule has 0 heterocycles. The molecule has 2 amide bonds. The molecule has 7 nitrogen and oxygen atoms in total. The number of sulfonamides is 1. The first kappa shape index (κ1) is 28.9. The van der Waals surface area contributed by atoms with Crippen LogP contribution >= 0.6 is 23.2 Å². The molecule has 0 fully saturated rings. The van der Waals surface area contributed by atoms with Crippen LogP contribution in [0.3, 0.4) is 0 Å². The summed E-state index contributed by atoms with van der Waals surface area (Å²) in [5, 5.41) is 3.12. The van der Waals surface area contributed by atoms with Gasteiger partial charge in [0.05, 0.1) is 22.0 Å². The van der Waals surface area contributed by atoms with Crippen LogP contribution in [0.4, 0.5) is 5.69 Å². The minimum atomic E-state index is -3.90. The third kappa shape index (κ3) is 8.12. The Morgan fingerprint density at radius 2 is 1.71 bits per heavy atom. The number of halogens is 2. The van der Waals surface area contributed by atoms with Crippen LogP contribution in [0.5, 0.6) is 0 Å². The summed E-state index contributed by atoms with van der Waals surface area (Å²) in [7, 11) is -3.90. The number of aryl methyl sites for hydroxylation is 1. The summed E-state index contributed by atoms with van der Waals surface area (Å²) in [5.41, 5.74) is 1.42. The van der Waals surface area contributed by atoms with Gasteiger partial charge in [-0.1, -0.05) is 66.0 Å². The quantitative estimate of drug-likeness (QED) is 0.494. The molecule has 192 valence electrons. The number of anilines is 1. The molecule has 0 aliphatic rings. The Morgan fingerprint density at radius 1 is 1.09 bits per heavy atom. The van der Waals surface area contributed by atoms with E-state index in [1.165, 1.54) is 17.0 Å². The van der Waals surface area contributed by atoms with Gasteiger partial charge in [0.2, 0.25) is 21.8 Å². The Bertz CT molecular complexity index is 1180. The van der Waals surface area contributed by atoms with Gasteiger partial charge >= 0.3 is 0 Å². The van der Waals surface area contributed by atoms with Crippen molar-refractivity contribution in [2.75, 3.05) is 17.1 Å². The topological polar surface area (TPSA) is 86.8 Å². The molecule has 0 unspecified atom stereocenters. The normalized spacial score (nSPS) is 12.7. The van der Waals surface area contributed by atoms with Crippen LogP contribution in [-0.4, -0.2) is 49.5 Å². The van der Waals surface area contributed by atoms with E-state index in [1.54, 1.807) is 6.07 Å². The summed E-state index contributed by atoms with van der Waals surface area (Å²) in [5.74, 6) is -0.850. The standard InChI is InChI=1S/C25H33Cl2N3O4S/c1-7-20(24(32)28-25(3,4)5)29(15-18-11-8-10-17(2)14-18)22(31)16-30(35(6,33)34)21-13-9-12-19(26)23(21)27/h8-14,20H,7,15-16H2,1-6H3,(H,28,32)/t20-/m1/s1. The van der Waals surface area contributed by atoms with Gasteiger partial charge in [-0.25, -0.2) is 8.42 Å². The lowest BCUT2D eigenvalue weighted by atomic mass is 10.0. The number of nitrogens with one attached hydrogen (secondary N) is 1. The van der Waals surface area contributed by atoms with Gasteiger partial charge < -0.3 is 10.2 Å². The SMILES string of the molecule is CC[C@H](C(=O)NC(C)(C)C)N(Cc1cccc(C)c1)C(=O)CN(c1cccc(Cl)c1Cl)S(C)(=O)=O. The minimum Gasteiger partial charge on any atom is -0.350 e. The molecule has 2 rings (SSSR count). The van der Waals surface area contributed by atoms with Crippen LogP contribution in [0.1, 0.15) is 45.2 Å². The first-order chi connectivity index (χ1) is 16.1. The van der Waals surface area contributed by atoms with Crippen molar-refractivity contribution in [3.8, 4) is 0 Å². The van der Waals surface area contributed by atoms with E-state index in [2.05, 4.69) is 5.32 Å². The zero-order chi connectivity index (χ0) is 26.6. The molecule has 1 N–H and O–H groups in total. The maximum absolute atomic E-state index is 13.7. The maximum atomic E-state index is 13.7. The minimum absolute atomic E-state index is 0.0233. The number of hydrogen-bond donors (Lipinski definition) is 1. The fraction of sp³-hybridized carbons (Fsp3) is 0.440. The van der Waals surface area contributed by atoms with Crippen LogP contribution in [0.25, 0.3) is 0 Å². The van der Waals surface area contributed by atoms with Gasteiger partial charge in [-0.05, 0) is 51.8 Å². The highest BCUT2D eigenvalue weighted by molar-refractivity contribution is 7.92. The van der Waals surface area contributed by atoms with E-state index in [1.807, 2.05) is 58.9 Å². The maximum Gasteiger partial charge on any atom is 0.244 e. The van der Waals surface area contributed by atoms with E-state index in [9.17, 15) is 18.0 Å². The second-order valence-electron chi connectivity index (χ2n) is 9.52. The van der Waals surface area contributed by atoms with Gasteiger partial charge in [0, 0.05) is 12.1 Å². The van der Waals surface area contributed by atoms with Crippen molar-refractivity contribution in [2.45, 2.75) is 59.2 Å². The lowest BCUT2D eigenvalue weighted by molar-refractivity contribution is -0.141. The number of benzene rings is 2. The number of carbonyl (C=O) groups excluding carboxylic acids is 2. The molecule has 0 radical (unpaired) electrons. The van der Waals surface area contributed by atoms with Crippen molar-refractivity contribution in [1.29, 1.82) is 0 Å². The summed E-state index contributed by atoms with van der Waals surface area (Å²) in [6.45, 7) is 8.92. The molecule has 0 saturated carbocycles. The fourth-order valence-electron chi connectivity index (χ4n) is 3.66. The van der Waals surface area contributed by atoms with Crippen molar-refractivity contribution in [3.05, 3.63) is 63.6 Å². The third-order valence-electron chi connectivity index (χ3n) is 5.20. The highest BCUT2D eigenvalue weighted by Crippen LogP contribution is 2.33. The number of rotatable bonds is 9. The average molecular weight is 543 g/mol. The van der Waals surface area contributed by atoms with Crippen LogP contribution in [0, 0.1) is 6.92 Å². The zero-order valence-electron chi connectivity index (χ0n) is 20.9. The predicted molar refractivity (Wildman–Crippen MR) is 142 cm³/mol. The smallest absolute Gasteiger partial charge is 0.244 e.